The van der Waals surface area contributed by atoms with Crippen LogP contribution < -0.4 is 0 Å². The van der Waals surface area contributed by atoms with Gasteiger partial charge in [0.15, 0.2) is 0 Å². The molecule has 0 spiro atoms. The topological polar surface area (TPSA) is 0 Å². The first kappa shape index (κ1) is 19.3. The van der Waals surface area contributed by atoms with Gasteiger partial charge in [-0.1, -0.05) is 65.5 Å². The van der Waals surface area contributed by atoms with Crippen LogP contribution in [0.4, 0.5) is 0 Å². The lowest BCUT2D eigenvalue weighted by Gasteiger charge is -2.01. The van der Waals surface area contributed by atoms with Gasteiger partial charge in [0.2, 0.25) is 0 Å². The van der Waals surface area contributed by atoms with E-state index < -0.39 is 8.07 Å². The molecule has 0 radical (unpaired) electrons. The third-order valence-electron chi connectivity index (χ3n) is 0. The molecule has 0 saturated heterocycles. The standard InChI is InChI=1S/C4H12Si.2C3H10Si/c1-5(2,3)4;2*1-4(2)3/h1-4H3;2*4H,1-3H3. The highest BCUT2D eigenvalue weighted by Gasteiger charge is 1.99. The maximum atomic E-state index is 2.33. The summed E-state index contributed by atoms with van der Waals surface area (Å²) in [5.74, 6) is 0. The quantitative estimate of drug-likeness (QED) is 0.554. The van der Waals surface area contributed by atoms with Crippen LogP contribution in [-0.2, 0) is 0 Å². The molecule has 0 rings (SSSR count). The van der Waals surface area contributed by atoms with Gasteiger partial charge in [-0.25, -0.2) is 0 Å². The van der Waals surface area contributed by atoms with Gasteiger partial charge in [-0.05, 0) is 0 Å². The van der Waals surface area contributed by atoms with Gasteiger partial charge in [0.1, 0.15) is 0 Å². The van der Waals surface area contributed by atoms with Crippen LogP contribution in [0.1, 0.15) is 0 Å². The van der Waals surface area contributed by atoms with Crippen molar-refractivity contribution in [3.8, 4) is 0 Å². The van der Waals surface area contributed by atoms with Crippen LogP contribution in [0, 0.1) is 0 Å². The molecule has 0 bridgehead atoms. The van der Waals surface area contributed by atoms with Crippen LogP contribution in [0.2, 0.25) is 65.5 Å². The minimum Gasteiger partial charge on any atom is -0.0724 e. The van der Waals surface area contributed by atoms with Crippen molar-refractivity contribution in [2.24, 2.45) is 0 Å². The van der Waals surface area contributed by atoms with Crippen LogP contribution >= 0.6 is 0 Å². The van der Waals surface area contributed by atoms with Crippen LogP contribution in [0.25, 0.3) is 0 Å². The minimum atomic E-state index is -0.611. The molecular formula is C10H32Si3. The van der Waals surface area contributed by atoms with E-state index in [1.807, 2.05) is 0 Å². The molecule has 0 aliphatic rings. The summed E-state index contributed by atoms with van der Waals surface area (Å²) in [4.78, 5) is 0. The van der Waals surface area contributed by atoms with E-state index >= 15 is 0 Å². The lowest BCUT2D eigenvalue weighted by Crippen LogP contribution is -2.10. The summed E-state index contributed by atoms with van der Waals surface area (Å²) in [7, 11) is -0.889. The van der Waals surface area contributed by atoms with Crippen molar-refractivity contribution in [3.63, 3.8) is 0 Å². The smallest absolute Gasteiger partial charge is 0.0411 e. The Kier molecular flexibility index (Phi) is 15.9. The molecular weight excluding hydrogens is 204 g/mol. The zero-order valence-electron chi connectivity index (χ0n) is 11.7. The SMILES string of the molecule is C[SiH](C)C.C[SiH](C)C.C[Si](C)(C)C. The third kappa shape index (κ3) is 3390. The summed E-state index contributed by atoms with van der Waals surface area (Å²) in [6.07, 6.45) is 0. The first-order chi connectivity index (χ1) is 5.46. The zero-order chi connectivity index (χ0) is 11.7. The van der Waals surface area contributed by atoms with Crippen LogP contribution in [0.3, 0.4) is 0 Å². The average Bonchev–Trinajstić information content (AvgIpc) is 1.50. The highest BCUT2D eigenvalue weighted by atomic mass is 28.3. The van der Waals surface area contributed by atoms with Crippen molar-refractivity contribution in [1.82, 2.24) is 0 Å². The Bertz CT molecular complexity index is 65.2. The van der Waals surface area contributed by atoms with E-state index in [9.17, 15) is 0 Å². The number of hydrogen-bond acceptors (Lipinski definition) is 0. The van der Waals surface area contributed by atoms with Gasteiger partial charge >= 0.3 is 0 Å². The maximum Gasteiger partial charge on any atom is 0.0411 e. The molecule has 0 saturated carbocycles. The van der Waals surface area contributed by atoms with Crippen molar-refractivity contribution >= 4 is 25.7 Å². The summed E-state index contributed by atoms with van der Waals surface area (Å²) in [6, 6.07) is 0. The molecule has 84 valence electrons. The van der Waals surface area contributed by atoms with E-state index in [-0.39, 0.29) is 17.6 Å². The molecule has 0 atom stereocenters. The fourth-order valence-corrected chi connectivity index (χ4v) is 0. The predicted molar refractivity (Wildman–Crippen MR) is 78.7 cm³/mol. The summed E-state index contributed by atoms with van der Waals surface area (Å²) in [6.45, 7) is 23.1. The summed E-state index contributed by atoms with van der Waals surface area (Å²) in [5, 5.41) is 0. The molecule has 0 aromatic carbocycles. The monoisotopic (exact) mass is 236 g/mol. The fourth-order valence-electron chi connectivity index (χ4n) is 0. The third-order valence-corrected chi connectivity index (χ3v) is 0. The van der Waals surface area contributed by atoms with Crippen molar-refractivity contribution in [2.45, 2.75) is 65.5 Å². The number of rotatable bonds is 0. The van der Waals surface area contributed by atoms with Crippen LogP contribution in [0.5, 0.6) is 0 Å². The molecule has 0 amide bonds. The minimum absolute atomic E-state index is 0.139. The zero-order valence-corrected chi connectivity index (χ0v) is 15.0. The Morgan fingerprint density at radius 3 is 0.538 bits per heavy atom. The molecule has 0 unspecified atom stereocenters. The molecule has 0 nitrogen and oxygen atoms in total. The van der Waals surface area contributed by atoms with Gasteiger partial charge in [0.05, 0.1) is 0 Å². The van der Waals surface area contributed by atoms with E-state index in [0.29, 0.717) is 0 Å². The molecule has 0 aliphatic heterocycles. The van der Waals surface area contributed by atoms with Gasteiger partial charge < -0.3 is 0 Å². The molecule has 0 aromatic rings. The molecule has 13 heavy (non-hydrogen) atoms. The van der Waals surface area contributed by atoms with Gasteiger partial charge in [0, 0.05) is 25.7 Å². The van der Waals surface area contributed by atoms with Crippen molar-refractivity contribution in [1.29, 1.82) is 0 Å². The highest BCUT2D eigenvalue weighted by Crippen LogP contribution is 1.94. The molecule has 0 heterocycles. The summed E-state index contributed by atoms with van der Waals surface area (Å²) >= 11 is 0. The summed E-state index contributed by atoms with van der Waals surface area (Å²) < 4.78 is 0. The lowest BCUT2D eigenvalue weighted by molar-refractivity contribution is 1.71. The molecule has 0 fully saturated rings. The molecule has 0 aliphatic carbocycles. The normalized spacial score (nSPS) is 10.2. The average molecular weight is 237 g/mol. The Morgan fingerprint density at radius 2 is 0.538 bits per heavy atom. The fraction of sp³-hybridized carbons (Fsp3) is 1.00. The van der Waals surface area contributed by atoms with E-state index in [1.165, 1.54) is 0 Å². The largest absolute Gasteiger partial charge is 0.0724 e. The Balaban J connectivity index is -0.000000117. The maximum absolute atomic E-state index is 2.33. The van der Waals surface area contributed by atoms with Crippen molar-refractivity contribution in [2.75, 3.05) is 0 Å². The van der Waals surface area contributed by atoms with Crippen LogP contribution in [-0.4, -0.2) is 25.7 Å². The molecule has 3 heteroatoms. The second-order valence-corrected chi connectivity index (χ2v) is 19.4. The van der Waals surface area contributed by atoms with Gasteiger partial charge in [0.25, 0.3) is 0 Å². The Labute approximate surface area is 91.4 Å². The molecule has 0 aromatic heterocycles. The Hall–Kier alpha value is 0.651. The lowest BCUT2D eigenvalue weighted by atomic mass is 11.8. The van der Waals surface area contributed by atoms with E-state index in [2.05, 4.69) is 65.5 Å². The van der Waals surface area contributed by atoms with Gasteiger partial charge in [-0.3, -0.25) is 0 Å². The highest BCUT2D eigenvalue weighted by molar-refractivity contribution is 6.74. The van der Waals surface area contributed by atoms with Gasteiger partial charge in [-0.15, -0.1) is 0 Å². The first-order valence-electron chi connectivity index (χ1n) is 5.46. The van der Waals surface area contributed by atoms with Gasteiger partial charge in [-0.2, -0.15) is 0 Å². The van der Waals surface area contributed by atoms with Crippen LogP contribution in [0.15, 0.2) is 0 Å². The summed E-state index contributed by atoms with van der Waals surface area (Å²) in [5.41, 5.74) is 0. The molecule has 0 N–H and O–H groups in total. The predicted octanol–water partition coefficient (Wildman–Crippen LogP) is 4.16. The van der Waals surface area contributed by atoms with E-state index in [4.69, 9.17) is 0 Å². The second-order valence-electron chi connectivity index (χ2n) is 6.46. The van der Waals surface area contributed by atoms with Crippen molar-refractivity contribution < 1.29 is 0 Å². The van der Waals surface area contributed by atoms with E-state index in [0.717, 1.165) is 0 Å². The van der Waals surface area contributed by atoms with Crippen molar-refractivity contribution in [3.05, 3.63) is 0 Å². The Morgan fingerprint density at radius 1 is 0.538 bits per heavy atom. The first-order valence-corrected chi connectivity index (χ1v) is 16.4. The van der Waals surface area contributed by atoms with E-state index in [1.54, 1.807) is 0 Å². The second kappa shape index (κ2) is 10.7. The number of hydrogen-bond donors (Lipinski definition) is 0.